The first kappa shape index (κ1) is 24.9. The van der Waals surface area contributed by atoms with Crippen LogP contribution in [-0.4, -0.2) is 33.5 Å². The van der Waals surface area contributed by atoms with Crippen molar-refractivity contribution >= 4 is 5.97 Å². The standard InChI is InChI=1S/C24H42O4/c1-2-3-4-5-6-7-15-21(25)16-10-8-13-20-14-9-11-17-22(20)23(26)18-12-19-24(27)28/h8,10,13,16,20-23,25-26H,2-7,9,11-12,14-15,17-19H2,1H3,(H,27,28). The van der Waals surface area contributed by atoms with Crippen molar-refractivity contribution in [3.8, 4) is 0 Å². The number of hydrogen-bond donors (Lipinski definition) is 3. The van der Waals surface area contributed by atoms with Crippen LogP contribution in [0.2, 0.25) is 0 Å². The minimum atomic E-state index is -0.794. The normalized spacial score (nSPS) is 22.7. The molecule has 4 heteroatoms. The monoisotopic (exact) mass is 394 g/mol. The summed E-state index contributed by atoms with van der Waals surface area (Å²) in [7, 11) is 0. The highest BCUT2D eigenvalue weighted by Crippen LogP contribution is 2.34. The van der Waals surface area contributed by atoms with Crippen molar-refractivity contribution in [2.24, 2.45) is 11.8 Å². The molecule has 0 aromatic heterocycles. The van der Waals surface area contributed by atoms with E-state index in [0.717, 1.165) is 32.1 Å². The molecule has 3 N–H and O–H groups in total. The molecule has 0 amide bonds. The zero-order chi connectivity index (χ0) is 20.6. The summed E-state index contributed by atoms with van der Waals surface area (Å²) in [5, 5.41) is 29.3. The Hall–Kier alpha value is -1.13. The molecule has 1 aliphatic carbocycles. The van der Waals surface area contributed by atoms with E-state index in [4.69, 9.17) is 5.11 Å². The minimum absolute atomic E-state index is 0.128. The summed E-state index contributed by atoms with van der Waals surface area (Å²) in [6.45, 7) is 2.22. The summed E-state index contributed by atoms with van der Waals surface area (Å²) in [5.74, 6) is -0.230. The molecule has 1 fully saturated rings. The van der Waals surface area contributed by atoms with Crippen molar-refractivity contribution in [1.82, 2.24) is 0 Å². The Morgan fingerprint density at radius 1 is 0.964 bits per heavy atom. The van der Waals surface area contributed by atoms with Gasteiger partial charge in [-0.3, -0.25) is 4.79 Å². The third-order valence-corrected chi connectivity index (χ3v) is 5.92. The molecular weight excluding hydrogens is 352 g/mol. The maximum absolute atomic E-state index is 10.7. The average molecular weight is 395 g/mol. The zero-order valence-electron chi connectivity index (χ0n) is 17.8. The van der Waals surface area contributed by atoms with E-state index in [1.54, 1.807) is 0 Å². The Labute approximate surface area is 171 Å². The summed E-state index contributed by atoms with van der Waals surface area (Å²) in [6, 6.07) is 0. The lowest BCUT2D eigenvalue weighted by atomic mass is 9.75. The van der Waals surface area contributed by atoms with Gasteiger partial charge in [0.15, 0.2) is 0 Å². The molecule has 0 aromatic rings. The molecule has 4 unspecified atom stereocenters. The second kappa shape index (κ2) is 15.8. The predicted octanol–water partition coefficient (Wildman–Crippen LogP) is 5.63. The van der Waals surface area contributed by atoms with Crippen LogP contribution in [0.5, 0.6) is 0 Å². The number of carbonyl (C=O) groups is 1. The minimum Gasteiger partial charge on any atom is -0.481 e. The van der Waals surface area contributed by atoms with Gasteiger partial charge in [0.25, 0.3) is 0 Å². The first-order chi connectivity index (χ1) is 13.5. The molecular formula is C24H42O4. The van der Waals surface area contributed by atoms with Gasteiger partial charge in [0, 0.05) is 6.42 Å². The molecule has 0 heterocycles. The highest BCUT2D eigenvalue weighted by Gasteiger charge is 2.28. The van der Waals surface area contributed by atoms with Gasteiger partial charge < -0.3 is 15.3 Å². The Balaban J connectivity index is 2.32. The molecule has 4 atom stereocenters. The summed E-state index contributed by atoms with van der Waals surface area (Å²) in [6.07, 6.45) is 21.0. The molecule has 0 aliphatic heterocycles. The highest BCUT2D eigenvalue weighted by molar-refractivity contribution is 5.66. The molecule has 0 saturated heterocycles. The lowest BCUT2D eigenvalue weighted by Crippen LogP contribution is -2.30. The number of hydrogen-bond acceptors (Lipinski definition) is 3. The third-order valence-electron chi connectivity index (χ3n) is 5.92. The molecule has 1 aliphatic rings. The summed E-state index contributed by atoms with van der Waals surface area (Å²) in [5.41, 5.74) is 0. The molecule has 0 radical (unpaired) electrons. The van der Waals surface area contributed by atoms with E-state index < -0.39 is 12.1 Å². The molecule has 0 bridgehead atoms. The quantitative estimate of drug-likeness (QED) is 0.248. The van der Waals surface area contributed by atoms with Crippen molar-refractivity contribution < 1.29 is 20.1 Å². The van der Waals surface area contributed by atoms with Crippen LogP contribution in [-0.2, 0) is 4.79 Å². The van der Waals surface area contributed by atoms with E-state index in [0.29, 0.717) is 18.8 Å². The molecule has 1 rings (SSSR count). The smallest absolute Gasteiger partial charge is 0.303 e. The SMILES string of the molecule is CCCCCCCCC(O)C=CC=CC1CCCCC1C(O)CCCC(=O)O. The number of aliphatic hydroxyl groups is 2. The number of carboxylic acids is 1. The largest absolute Gasteiger partial charge is 0.481 e. The number of carboxylic acid groups (broad SMARTS) is 1. The second-order valence-electron chi connectivity index (χ2n) is 8.36. The number of unbranched alkanes of at least 4 members (excludes halogenated alkanes) is 5. The van der Waals surface area contributed by atoms with Crippen LogP contribution in [0, 0.1) is 11.8 Å². The number of rotatable bonds is 15. The van der Waals surface area contributed by atoms with Gasteiger partial charge >= 0.3 is 5.97 Å². The van der Waals surface area contributed by atoms with E-state index in [9.17, 15) is 15.0 Å². The fourth-order valence-electron chi connectivity index (χ4n) is 4.21. The van der Waals surface area contributed by atoms with Gasteiger partial charge in [-0.2, -0.15) is 0 Å². The lowest BCUT2D eigenvalue weighted by molar-refractivity contribution is -0.137. The van der Waals surface area contributed by atoms with E-state index in [2.05, 4.69) is 13.0 Å². The van der Waals surface area contributed by atoms with Crippen molar-refractivity contribution in [2.75, 3.05) is 0 Å². The van der Waals surface area contributed by atoms with E-state index in [1.807, 2.05) is 18.2 Å². The summed E-state index contributed by atoms with van der Waals surface area (Å²) >= 11 is 0. The average Bonchev–Trinajstić information content (AvgIpc) is 2.68. The van der Waals surface area contributed by atoms with Gasteiger partial charge in [0.1, 0.15) is 0 Å². The van der Waals surface area contributed by atoms with E-state index >= 15 is 0 Å². The van der Waals surface area contributed by atoms with Crippen molar-refractivity contribution in [3.63, 3.8) is 0 Å². The van der Waals surface area contributed by atoms with E-state index in [-0.39, 0.29) is 18.4 Å². The Morgan fingerprint density at radius 2 is 1.68 bits per heavy atom. The van der Waals surface area contributed by atoms with Crippen LogP contribution in [0.1, 0.15) is 96.8 Å². The van der Waals surface area contributed by atoms with Crippen molar-refractivity contribution in [1.29, 1.82) is 0 Å². The van der Waals surface area contributed by atoms with Crippen LogP contribution in [0.4, 0.5) is 0 Å². The van der Waals surface area contributed by atoms with Gasteiger partial charge in [-0.05, 0) is 43.9 Å². The predicted molar refractivity (Wildman–Crippen MR) is 115 cm³/mol. The molecule has 162 valence electrons. The zero-order valence-corrected chi connectivity index (χ0v) is 17.8. The van der Waals surface area contributed by atoms with Crippen LogP contribution in [0.3, 0.4) is 0 Å². The van der Waals surface area contributed by atoms with Crippen molar-refractivity contribution in [3.05, 3.63) is 24.3 Å². The number of aliphatic carboxylic acids is 1. The molecule has 28 heavy (non-hydrogen) atoms. The maximum atomic E-state index is 10.7. The van der Waals surface area contributed by atoms with Gasteiger partial charge in [-0.25, -0.2) is 0 Å². The van der Waals surface area contributed by atoms with Gasteiger partial charge in [-0.1, -0.05) is 82.6 Å². The summed E-state index contributed by atoms with van der Waals surface area (Å²) in [4.78, 5) is 10.7. The van der Waals surface area contributed by atoms with Crippen LogP contribution < -0.4 is 0 Å². The van der Waals surface area contributed by atoms with Crippen LogP contribution in [0.15, 0.2) is 24.3 Å². The Morgan fingerprint density at radius 3 is 2.43 bits per heavy atom. The lowest BCUT2D eigenvalue weighted by Gasteiger charge is -2.33. The van der Waals surface area contributed by atoms with E-state index in [1.165, 1.54) is 38.5 Å². The topological polar surface area (TPSA) is 77.8 Å². The van der Waals surface area contributed by atoms with Crippen LogP contribution >= 0.6 is 0 Å². The number of allylic oxidation sites excluding steroid dienone is 3. The molecule has 4 nitrogen and oxygen atoms in total. The van der Waals surface area contributed by atoms with Gasteiger partial charge in [0.05, 0.1) is 12.2 Å². The highest BCUT2D eigenvalue weighted by atomic mass is 16.4. The van der Waals surface area contributed by atoms with Crippen LogP contribution in [0.25, 0.3) is 0 Å². The second-order valence-corrected chi connectivity index (χ2v) is 8.36. The van der Waals surface area contributed by atoms with Gasteiger partial charge in [0.2, 0.25) is 0 Å². The fourth-order valence-corrected chi connectivity index (χ4v) is 4.21. The third kappa shape index (κ3) is 11.7. The van der Waals surface area contributed by atoms with Gasteiger partial charge in [-0.15, -0.1) is 0 Å². The first-order valence-electron chi connectivity index (χ1n) is 11.5. The molecule has 1 saturated carbocycles. The first-order valence-corrected chi connectivity index (χ1v) is 11.5. The molecule has 0 aromatic carbocycles. The number of aliphatic hydroxyl groups excluding tert-OH is 2. The maximum Gasteiger partial charge on any atom is 0.303 e. The fraction of sp³-hybridized carbons (Fsp3) is 0.792. The Bertz CT molecular complexity index is 458. The summed E-state index contributed by atoms with van der Waals surface area (Å²) < 4.78 is 0. The van der Waals surface area contributed by atoms with Crippen molar-refractivity contribution in [2.45, 2.75) is 109 Å². The Kier molecular flexibility index (Phi) is 14.0. The molecule has 0 spiro atoms.